The smallest absolute Gasteiger partial charge is 0.274 e. The van der Waals surface area contributed by atoms with Gasteiger partial charge in [-0.3, -0.25) is 4.84 Å². The number of nitrogens with zero attached hydrogens (tertiary/aromatic N) is 2. The van der Waals surface area contributed by atoms with Crippen LogP contribution in [0, 0.1) is 13.8 Å². The molecule has 0 saturated heterocycles. The summed E-state index contributed by atoms with van der Waals surface area (Å²) in [4.78, 5) is 9.63. The van der Waals surface area contributed by atoms with E-state index in [0.29, 0.717) is 0 Å². The highest BCUT2D eigenvalue weighted by Gasteiger charge is 2.15. The first-order chi connectivity index (χ1) is 7.70. The van der Waals surface area contributed by atoms with Gasteiger partial charge in [0.25, 0.3) is 5.69 Å². The largest absolute Gasteiger partial charge is 0.283 e. The van der Waals surface area contributed by atoms with Gasteiger partial charge < -0.3 is 0 Å². The lowest BCUT2D eigenvalue weighted by molar-refractivity contribution is -0.877. The average Bonchev–Trinajstić information content (AvgIpc) is 2.29. The van der Waals surface area contributed by atoms with Gasteiger partial charge in [-0.15, -0.1) is 0 Å². The zero-order chi connectivity index (χ0) is 11.5. The molecule has 2 rings (SSSR count). The number of aryl methyl sites for hydroxylation is 2. The van der Waals surface area contributed by atoms with Crippen molar-refractivity contribution in [2.45, 2.75) is 13.8 Å². The minimum Gasteiger partial charge on any atom is -0.274 e. The monoisotopic (exact) mass is 215 g/mol. The Morgan fingerprint density at radius 1 is 1.12 bits per heavy atom. The highest BCUT2D eigenvalue weighted by molar-refractivity contribution is 5.52. The predicted octanol–water partition coefficient (Wildman–Crippen LogP) is 1.71. The summed E-state index contributed by atoms with van der Waals surface area (Å²) in [5.74, 6) is 0. The van der Waals surface area contributed by atoms with Crippen molar-refractivity contribution in [1.82, 2.24) is 4.98 Å². The van der Waals surface area contributed by atoms with E-state index >= 15 is 0 Å². The van der Waals surface area contributed by atoms with E-state index in [2.05, 4.69) is 24.9 Å². The van der Waals surface area contributed by atoms with Gasteiger partial charge in [0.05, 0.1) is 0 Å². The molecule has 2 aromatic heterocycles. The van der Waals surface area contributed by atoms with Crippen LogP contribution in [0.1, 0.15) is 11.1 Å². The van der Waals surface area contributed by atoms with Crippen LogP contribution in [0.5, 0.6) is 0 Å². The Balaban J connectivity index is 2.58. The molecular weight excluding hydrogens is 200 g/mol. The van der Waals surface area contributed by atoms with Crippen LogP contribution in [0.3, 0.4) is 0 Å². The van der Waals surface area contributed by atoms with Crippen LogP contribution in [-0.4, -0.2) is 12.1 Å². The lowest BCUT2D eigenvalue weighted by Gasteiger charge is -2.01. The van der Waals surface area contributed by atoms with E-state index in [4.69, 9.17) is 4.84 Å². The van der Waals surface area contributed by atoms with E-state index < -0.39 is 0 Å². The van der Waals surface area contributed by atoms with Gasteiger partial charge in [0.2, 0.25) is 6.20 Å². The summed E-state index contributed by atoms with van der Waals surface area (Å²) in [5.41, 5.74) is 4.26. The van der Waals surface area contributed by atoms with E-state index in [0.717, 1.165) is 11.4 Å². The predicted molar refractivity (Wildman–Crippen MR) is 61.8 cm³/mol. The molecule has 0 aliphatic heterocycles. The first-order valence-electron chi connectivity index (χ1n) is 5.20. The molecule has 0 bridgehead atoms. The fraction of sp³-hybridized carbons (Fsp3) is 0.231. The highest BCUT2D eigenvalue weighted by atomic mass is 16.6. The average molecular weight is 215 g/mol. The Morgan fingerprint density at radius 2 is 1.88 bits per heavy atom. The zero-order valence-corrected chi connectivity index (χ0v) is 9.77. The van der Waals surface area contributed by atoms with Gasteiger partial charge in [0.1, 0.15) is 12.8 Å². The summed E-state index contributed by atoms with van der Waals surface area (Å²) in [6.45, 7) is 4.11. The number of hydrogen-bond donors (Lipinski definition) is 0. The van der Waals surface area contributed by atoms with Crippen molar-refractivity contribution in [1.29, 1.82) is 0 Å². The van der Waals surface area contributed by atoms with Crippen LogP contribution < -0.4 is 9.57 Å². The zero-order valence-electron chi connectivity index (χ0n) is 9.77. The molecule has 0 amide bonds. The highest BCUT2D eigenvalue weighted by Crippen LogP contribution is 2.14. The van der Waals surface area contributed by atoms with Gasteiger partial charge in [-0.2, -0.15) is 0 Å². The summed E-state index contributed by atoms with van der Waals surface area (Å²) in [7, 11) is 1.65. The Morgan fingerprint density at radius 3 is 2.56 bits per heavy atom. The molecule has 0 aliphatic rings. The SMILES string of the molecule is CO[n+]1ccc(C)cc1-c1cc(C)ccn1. The summed E-state index contributed by atoms with van der Waals surface area (Å²) >= 11 is 0. The fourth-order valence-electron chi connectivity index (χ4n) is 1.62. The van der Waals surface area contributed by atoms with Crippen molar-refractivity contribution in [2.24, 2.45) is 0 Å². The van der Waals surface area contributed by atoms with Crippen LogP contribution in [0.15, 0.2) is 36.7 Å². The molecular formula is C13H15N2O+. The lowest BCUT2D eigenvalue weighted by atomic mass is 10.1. The van der Waals surface area contributed by atoms with Crippen LogP contribution >= 0.6 is 0 Å². The van der Waals surface area contributed by atoms with Crippen LogP contribution in [0.4, 0.5) is 0 Å². The summed E-state index contributed by atoms with van der Waals surface area (Å²) in [6, 6.07) is 8.09. The Kier molecular flexibility index (Phi) is 2.86. The molecule has 0 aliphatic carbocycles. The second-order valence-electron chi connectivity index (χ2n) is 3.82. The maximum Gasteiger partial charge on any atom is 0.283 e. The van der Waals surface area contributed by atoms with Gasteiger partial charge in [-0.1, -0.05) is 0 Å². The molecule has 0 unspecified atom stereocenters. The molecule has 2 heterocycles. The minimum absolute atomic E-state index is 0.922. The summed E-state index contributed by atoms with van der Waals surface area (Å²) < 4.78 is 1.72. The molecule has 3 nitrogen and oxygen atoms in total. The molecule has 0 N–H and O–H groups in total. The maximum absolute atomic E-state index is 5.27. The molecule has 3 heteroatoms. The number of hydrogen-bond acceptors (Lipinski definition) is 2. The Hall–Kier alpha value is -1.90. The van der Waals surface area contributed by atoms with Crippen molar-refractivity contribution in [2.75, 3.05) is 7.11 Å². The third-order valence-electron chi connectivity index (χ3n) is 2.45. The van der Waals surface area contributed by atoms with Gasteiger partial charge in [0, 0.05) is 23.1 Å². The number of aromatic nitrogens is 2. The quantitative estimate of drug-likeness (QED) is 0.713. The molecule has 0 spiro atoms. The van der Waals surface area contributed by atoms with E-state index in [1.165, 1.54) is 11.1 Å². The molecule has 2 aromatic rings. The van der Waals surface area contributed by atoms with Crippen LogP contribution in [0.2, 0.25) is 0 Å². The van der Waals surface area contributed by atoms with E-state index in [1.54, 1.807) is 11.8 Å². The number of rotatable bonds is 2. The van der Waals surface area contributed by atoms with Crippen LogP contribution in [-0.2, 0) is 0 Å². The van der Waals surface area contributed by atoms with E-state index in [-0.39, 0.29) is 0 Å². The standard InChI is InChI=1S/C13H15N2O/c1-10-4-6-14-12(8-10)13-9-11(2)5-7-15(13)16-3/h4-9H,1-3H3/q+1. The van der Waals surface area contributed by atoms with Gasteiger partial charge >= 0.3 is 0 Å². The van der Waals surface area contributed by atoms with Crippen molar-refractivity contribution in [3.8, 4) is 11.4 Å². The normalized spacial score (nSPS) is 10.2. The minimum atomic E-state index is 0.922. The number of pyridine rings is 2. The summed E-state index contributed by atoms with van der Waals surface area (Å²) in [5, 5.41) is 0. The van der Waals surface area contributed by atoms with Crippen LogP contribution in [0.25, 0.3) is 11.4 Å². The van der Waals surface area contributed by atoms with Crippen molar-refractivity contribution >= 4 is 0 Å². The molecule has 0 aromatic carbocycles. The van der Waals surface area contributed by atoms with Crippen molar-refractivity contribution < 1.29 is 9.57 Å². The summed E-state index contributed by atoms with van der Waals surface area (Å²) in [6.07, 6.45) is 3.71. The first kappa shape index (κ1) is 10.6. The topological polar surface area (TPSA) is 26.0 Å². The molecule has 0 fully saturated rings. The third-order valence-corrected chi connectivity index (χ3v) is 2.45. The maximum atomic E-state index is 5.27. The van der Waals surface area contributed by atoms with Gasteiger partial charge in [0.15, 0.2) is 0 Å². The Bertz CT molecular complexity index is 509. The Labute approximate surface area is 95.3 Å². The third kappa shape index (κ3) is 2.03. The molecule has 0 atom stereocenters. The molecule has 82 valence electrons. The van der Waals surface area contributed by atoms with Crippen molar-refractivity contribution in [3.63, 3.8) is 0 Å². The lowest BCUT2D eigenvalue weighted by Crippen LogP contribution is -2.42. The van der Waals surface area contributed by atoms with Gasteiger partial charge in [-0.05, 0) is 37.1 Å². The van der Waals surface area contributed by atoms with E-state index in [9.17, 15) is 0 Å². The van der Waals surface area contributed by atoms with Gasteiger partial charge in [-0.25, -0.2) is 4.98 Å². The molecule has 16 heavy (non-hydrogen) atoms. The fourth-order valence-corrected chi connectivity index (χ4v) is 1.62. The van der Waals surface area contributed by atoms with E-state index in [1.807, 2.05) is 30.6 Å². The molecule has 0 saturated carbocycles. The second kappa shape index (κ2) is 4.31. The second-order valence-corrected chi connectivity index (χ2v) is 3.82. The molecule has 0 radical (unpaired) electrons. The first-order valence-corrected chi connectivity index (χ1v) is 5.20. The van der Waals surface area contributed by atoms with Crippen molar-refractivity contribution in [3.05, 3.63) is 47.8 Å².